The molecule has 20 heavy (non-hydrogen) atoms. The molecule has 1 saturated heterocycles. The van der Waals surface area contributed by atoms with Crippen LogP contribution in [0.3, 0.4) is 0 Å². The molecule has 0 unspecified atom stereocenters. The van der Waals surface area contributed by atoms with Gasteiger partial charge in [0.1, 0.15) is 0 Å². The smallest absolute Gasteiger partial charge is 0.379 e. The summed E-state index contributed by atoms with van der Waals surface area (Å²) in [6.07, 6.45) is 0. The average Bonchev–Trinajstić information content (AvgIpc) is 2.39. The molecule has 0 aliphatic carbocycles. The maximum Gasteiger partial charge on any atom is 0.501 e. The van der Waals surface area contributed by atoms with Gasteiger partial charge in [0.05, 0.1) is 18.1 Å². The van der Waals surface area contributed by atoms with Gasteiger partial charge in [-0.1, -0.05) is 0 Å². The molecule has 1 aliphatic heterocycles. The summed E-state index contributed by atoms with van der Waals surface area (Å²) in [4.78, 5) is -0.766. The van der Waals surface area contributed by atoms with E-state index in [2.05, 4.69) is 5.43 Å². The van der Waals surface area contributed by atoms with Crippen LogP contribution in [0.2, 0.25) is 0 Å². The largest absolute Gasteiger partial charge is 0.501 e. The van der Waals surface area contributed by atoms with Crippen molar-refractivity contribution < 1.29 is 26.3 Å². The molecule has 0 bridgehead atoms. The number of sulfone groups is 1. The number of hydrogen-bond donors (Lipinski definition) is 1. The summed E-state index contributed by atoms with van der Waals surface area (Å²) in [6, 6.07) is 4.47. The Morgan fingerprint density at radius 3 is 2.15 bits per heavy atom. The van der Waals surface area contributed by atoms with Gasteiger partial charge in [0, 0.05) is 18.8 Å². The highest BCUT2D eigenvalue weighted by molar-refractivity contribution is 7.92. The Morgan fingerprint density at radius 1 is 1.10 bits per heavy atom. The van der Waals surface area contributed by atoms with E-state index in [0.717, 1.165) is 12.1 Å². The summed E-state index contributed by atoms with van der Waals surface area (Å²) in [5, 5.41) is 1.84. The van der Waals surface area contributed by atoms with E-state index in [1.807, 2.05) is 5.01 Å². The van der Waals surface area contributed by atoms with Crippen molar-refractivity contribution in [3.8, 4) is 0 Å². The van der Waals surface area contributed by atoms with Crippen molar-refractivity contribution in [3.05, 3.63) is 24.3 Å². The highest BCUT2D eigenvalue weighted by atomic mass is 32.2. The first-order valence-electron chi connectivity index (χ1n) is 5.81. The molecule has 1 aromatic rings. The van der Waals surface area contributed by atoms with E-state index in [1.165, 1.54) is 12.1 Å². The standard InChI is InChI=1S/C11H13F3N2O3S/c12-11(13,14)20(17,18)10-3-1-9(2-4-10)15-16-5-7-19-8-6-16/h1-4,15H,5-8H2. The van der Waals surface area contributed by atoms with Gasteiger partial charge in [-0.05, 0) is 24.3 Å². The monoisotopic (exact) mass is 310 g/mol. The summed E-state index contributed by atoms with van der Waals surface area (Å²) >= 11 is 0. The Labute approximate surface area is 114 Å². The Bertz CT molecular complexity index is 551. The van der Waals surface area contributed by atoms with Crippen LogP contribution in [0, 0.1) is 0 Å². The van der Waals surface area contributed by atoms with Gasteiger partial charge >= 0.3 is 5.51 Å². The van der Waals surface area contributed by atoms with Crippen LogP contribution in [-0.4, -0.2) is 45.2 Å². The highest BCUT2D eigenvalue weighted by Gasteiger charge is 2.46. The average molecular weight is 310 g/mol. The fourth-order valence-corrected chi connectivity index (χ4v) is 2.46. The number of hydrazine groups is 1. The van der Waals surface area contributed by atoms with E-state index >= 15 is 0 Å². The fraction of sp³-hybridized carbons (Fsp3) is 0.455. The van der Waals surface area contributed by atoms with Gasteiger partial charge in [-0.2, -0.15) is 13.2 Å². The topological polar surface area (TPSA) is 58.6 Å². The van der Waals surface area contributed by atoms with Crippen LogP contribution in [0.4, 0.5) is 18.9 Å². The van der Waals surface area contributed by atoms with E-state index < -0.39 is 20.2 Å². The molecule has 0 saturated carbocycles. The van der Waals surface area contributed by atoms with E-state index in [9.17, 15) is 21.6 Å². The molecule has 2 rings (SSSR count). The van der Waals surface area contributed by atoms with Crippen molar-refractivity contribution in [1.29, 1.82) is 0 Å². The maximum atomic E-state index is 12.4. The Balaban J connectivity index is 2.10. The van der Waals surface area contributed by atoms with Crippen LogP contribution in [-0.2, 0) is 14.6 Å². The molecular formula is C11H13F3N2O3S. The van der Waals surface area contributed by atoms with E-state index in [1.54, 1.807) is 0 Å². The quantitative estimate of drug-likeness (QED) is 0.920. The van der Waals surface area contributed by atoms with Crippen LogP contribution >= 0.6 is 0 Å². The van der Waals surface area contributed by atoms with Crippen LogP contribution in [0.5, 0.6) is 0 Å². The number of nitrogens with one attached hydrogen (secondary N) is 1. The number of halogens is 3. The highest BCUT2D eigenvalue weighted by Crippen LogP contribution is 2.30. The number of alkyl halides is 3. The van der Waals surface area contributed by atoms with Crippen molar-refractivity contribution >= 4 is 15.5 Å². The minimum absolute atomic E-state index is 0.521. The SMILES string of the molecule is O=S(=O)(c1ccc(NN2CCOCC2)cc1)C(F)(F)F. The van der Waals surface area contributed by atoms with Crippen molar-refractivity contribution in [2.45, 2.75) is 10.4 Å². The molecule has 1 fully saturated rings. The third kappa shape index (κ3) is 3.22. The predicted molar refractivity (Wildman–Crippen MR) is 65.7 cm³/mol. The molecule has 0 atom stereocenters. The minimum Gasteiger partial charge on any atom is -0.379 e. The van der Waals surface area contributed by atoms with Crippen LogP contribution in [0.15, 0.2) is 29.2 Å². The number of rotatable bonds is 3. The van der Waals surface area contributed by atoms with Gasteiger partial charge in [0.25, 0.3) is 9.84 Å². The molecule has 1 aromatic carbocycles. The maximum absolute atomic E-state index is 12.4. The summed E-state index contributed by atoms with van der Waals surface area (Å²) in [5.41, 5.74) is -1.79. The third-order valence-electron chi connectivity index (χ3n) is 2.77. The third-order valence-corrected chi connectivity index (χ3v) is 4.27. The lowest BCUT2D eigenvalue weighted by molar-refractivity contribution is -0.0436. The summed E-state index contributed by atoms with van der Waals surface area (Å²) < 4.78 is 64.6. The Morgan fingerprint density at radius 2 is 1.65 bits per heavy atom. The van der Waals surface area contributed by atoms with Gasteiger partial charge in [-0.15, -0.1) is 0 Å². The van der Waals surface area contributed by atoms with Gasteiger partial charge in [0.2, 0.25) is 0 Å². The van der Waals surface area contributed by atoms with Gasteiger partial charge in [0.15, 0.2) is 0 Å². The molecule has 9 heteroatoms. The zero-order valence-corrected chi connectivity index (χ0v) is 11.2. The Hall–Kier alpha value is -1.32. The van der Waals surface area contributed by atoms with Gasteiger partial charge in [-0.3, -0.25) is 0 Å². The first kappa shape index (κ1) is 15.1. The molecule has 5 nitrogen and oxygen atoms in total. The lowest BCUT2D eigenvalue weighted by Gasteiger charge is -2.28. The normalized spacial score (nSPS) is 17.9. The summed E-state index contributed by atoms with van der Waals surface area (Å²) in [6.45, 7) is 2.41. The van der Waals surface area contributed by atoms with Crippen molar-refractivity contribution in [2.75, 3.05) is 31.7 Å². The number of morpholine rings is 1. The molecule has 1 N–H and O–H groups in total. The van der Waals surface area contributed by atoms with Crippen LogP contribution < -0.4 is 5.43 Å². The Kier molecular flexibility index (Phi) is 4.21. The number of benzene rings is 1. The van der Waals surface area contributed by atoms with E-state index in [4.69, 9.17) is 4.74 Å². The zero-order chi connectivity index (χ0) is 14.8. The number of nitrogens with zero attached hydrogens (tertiary/aromatic N) is 1. The number of ether oxygens (including phenoxy) is 1. The minimum atomic E-state index is -5.29. The predicted octanol–water partition coefficient (Wildman–Crippen LogP) is 1.64. The molecule has 0 radical (unpaired) electrons. The van der Waals surface area contributed by atoms with E-state index in [0.29, 0.717) is 32.0 Å². The lowest BCUT2D eigenvalue weighted by atomic mass is 10.3. The second-order valence-electron chi connectivity index (χ2n) is 4.18. The molecule has 1 heterocycles. The molecule has 1 aliphatic rings. The summed E-state index contributed by atoms with van der Waals surface area (Å²) in [5.74, 6) is 0. The first-order chi connectivity index (χ1) is 9.30. The summed E-state index contributed by atoms with van der Waals surface area (Å²) in [7, 11) is -5.29. The van der Waals surface area contributed by atoms with Crippen molar-refractivity contribution in [2.24, 2.45) is 0 Å². The first-order valence-corrected chi connectivity index (χ1v) is 7.30. The number of anilines is 1. The van der Waals surface area contributed by atoms with Crippen molar-refractivity contribution in [3.63, 3.8) is 0 Å². The molecular weight excluding hydrogens is 297 g/mol. The van der Waals surface area contributed by atoms with Gasteiger partial charge < -0.3 is 10.2 Å². The second kappa shape index (κ2) is 5.58. The van der Waals surface area contributed by atoms with Crippen LogP contribution in [0.25, 0.3) is 0 Å². The van der Waals surface area contributed by atoms with Crippen molar-refractivity contribution in [1.82, 2.24) is 5.01 Å². The van der Waals surface area contributed by atoms with Crippen LogP contribution in [0.1, 0.15) is 0 Å². The molecule has 0 aromatic heterocycles. The number of hydrogen-bond acceptors (Lipinski definition) is 5. The van der Waals surface area contributed by atoms with E-state index in [-0.39, 0.29) is 0 Å². The second-order valence-corrected chi connectivity index (χ2v) is 6.13. The molecule has 112 valence electrons. The lowest BCUT2D eigenvalue weighted by Crippen LogP contribution is -2.40. The van der Waals surface area contributed by atoms with Gasteiger partial charge in [-0.25, -0.2) is 13.4 Å². The zero-order valence-electron chi connectivity index (χ0n) is 10.4. The molecule has 0 amide bonds. The fourth-order valence-electron chi connectivity index (χ4n) is 1.70. The molecule has 0 spiro atoms.